The van der Waals surface area contributed by atoms with Crippen molar-refractivity contribution in [3.05, 3.63) is 52.4 Å². The van der Waals surface area contributed by atoms with Crippen molar-refractivity contribution in [2.75, 3.05) is 6.61 Å². The summed E-state index contributed by atoms with van der Waals surface area (Å²) in [5.41, 5.74) is 0.710. The molecule has 1 atom stereocenters. The van der Waals surface area contributed by atoms with Gasteiger partial charge in [0, 0.05) is 10.3 Å². The highest BCUT2D eigenvalue weighted by atomic mass is 32.1. The van der Waals surface area contributed by atoms with Crippen LogP contribution in [0.25, 0.3) is 11.0 Å². The summed E-state index contributed by atoms with van der Waals surface area (Å²) in [4.78, 5) is 13.1. The molecule has 0 aliphatic rings. The molecule has 5 nitrogen and oxygen atoms in total. The molecule has 126 valence electrons. The zero-order valence-electron chi connectivity index (χ0n) is 13.7. The van der Waals surface area contributed by atoms with E-state index in [4.69, 9.17) is 9.15 Å². The van der Waals surface area contributed by atoms with Crippen LogP contribution in [0.2, 0.25) is 0 Å². The second-order valence-corrected chi connectivity index (χ2v) is 6.42. The highest BCUT2D eigenvalue weighted by Gasteiger charge is 2.16. The van der Waals surface area contributed by atoms with Crippen LogP contribution in [-0.4, -0.2) is 12.6 Å². The quantitative estimate of drug-likeness (QED) is 0.694. The minimum absolute atomic E-state index is 0.221. The number of hydrogen-bond acceptors (Lipinski definition) is 4. The average Bonchev–Trinajstić information content (AvgIpc) is 3.23. The van der Waals surface area contributed by atoms with Crippen LogP contribution in [0.1, 0.15) is 30.5 Å². The van der Waals surface area contributed by atoms with Gasteiger partial charge in [0.15, 0.2) is 11.3 Å². The van der Waals surface area contributed by atoms with Gasteiger partial charge < -0.3 is 19.8 Å². The van der Waals surface area contributed by atoms with Crippen molar-refractivity contribution in [1.82, 2.24) is 10.6 Å². The van der Waals surface area contributed by atoms with Crippen LogP contribution in [0.5, 0.6) is 5.75 Å². The Morgan fingerprint density at radius 1 is 1.33 bits per heavy atom. The SMILES string of the molecule is CCOc1cccc2cc(C(C)NC(=O)NCc3cccs3)oc12. The van der Waals surface area contributed by atoms with E-state index in [-0.39, 0.29) is 12.1 Å². The van der Waals surface area contributed by atoms with Crippen molar-refractivity contribution in [1.29, 1.82) is 0 Å². The lowest BCUT2D eigenvalue weighted by molar-refractivity contribution is 0.236. The standard InChI is InChI=1S/C18H20N2O3S/c1-3-22-15-8-4-6-13-10-16(23-17(13)15)12(2)20-18(21)19-11-14-7-5-9-24-14/h4-10,12H,3,11H2,1-2H3,(H2,19,20,21). The molecule has 0 radical (unpaired) electrons. The number of carbonyl (C=O) groups excluding carboxylic acids is 1. The van der Waals surface area contributed by atoms with Crippen LogP contribution in [0, 0.1) is 0 Å². The van der Waals surface area contributed by atoms with Gasteiger partial charge in [-0.25, -0.2) is 4.79 Å². The molecule has 2 heterocycles. The summed E-state index contributed by atoms with van der Waals surface area (Å²) in [5, 5.41) is 8.69. The van der Waals surface area contributed by atoms with Gasteiger partial charge >= 0.3 is 6.03 Å². The molecule has 1 aromatic carbocycles. The van der Waals surface area contributed by atoms with E-state index >= 15 is 0 Å². The average molecular weight is 344 g/mol. The Hall–Kier alpha value is -2.47. The molecule has 0 aliphatic heterocycles. The normalized spacial score (nSPS) is 12.1. The monoisotopic (exact) mass is 344 g/mol. The van der Waals surface area contributed by atoms with E-state index in [1.54, 1.807) is 11.3 Å². The number of furan rings is 1. The molecule has 0 saturated carbocycles. The molecule has 1 unspecified atom stereocenters. The van der Waals surface area contributed by atoms with Gasteiger partial charge in [-0.2, -0.15) is 0 Å². The number of amides is 2. The van der Waals surface area contributed by atoms with Gasteiger partial charge in [-0.1, -0.05) is 18.2 Å². The molecular formula is C18H20N2O3S. The third-order valence-electron chi connectivity index (χ3n) is 3.60. The van der Waals surface area contributed by atoms with Gasteiger partial charge in [0.25, 0.3) is 0 Å². The molecule has 0 saturated heterocycles. The van der Waals surface area contributed by atoms with E-state index < -0.39 is 0 Å². The molecule has 2 N–H and O–H groups in total. The van der Waals surface area contributed by atoms with Crippen molar-refractivity contribution < 1.29 is 13.9 Å². The van der Waals surface area contributed by atoms with E-state index in [1.165, 1.54) is 0 Å². The maximum absolute atomic E-state index is 12.0. The topological polar surface area (TPSA) is 63.5 Å². The zero-order valence-corrected chi connectivity index (χ0v) is 14.5. The second kappa shape index (κ2) is 7.40. The van der Waals surface area contributed by atoms with E-state index in [2.05, 4.69) is 10.6 Å². The number of ether oxygens (including phenoxy) is 1. The second-order valence-electron chi connectivity index (χ2n) is 5.38. The molecule has 3 aromatic rings. The highest BCUT2D eigenvalue weighted by Crippen LogP contribution is 2.31. The number of thiophene rings is 1. The fourth-order valence-electron chi connectivity index (χ4n) is 2.44. The van der Waals surface area contributed by atoms with Crippen molar-refractivity contribution in [2.45, 2.75) is 26.4 Å². The molecule has 0 fully saturated rings. The first-order valence-electron chi connectivity index (χ1n) is 7.89. The van der Waals surface area contributed by atoms with Gasteiger partial charge in [0.05, 0.1) is 19.2 Å². The Morgan fingerprint density at radius 3 is 2.96 bits per heavy atom. The largest absolute Gasteiger partial charge is 0.490 e. The predicted molar refractivity (Wildman–Crippen MR) is 95.5 cm³/mol. The van der Waals surface area contributed by atoms with Crippen molar-refractivity contribution in [3.8, 4) is 5.75 Å². The molecule has 3 rings (SSSR count). The predicted octanol–water partition coefficient (Wildman–Crippen LogP) is 4.45. The lowest BCUT2D eigenvalue weighted by Gasteiger charge is -2.12. The molecule has 2 aromatic heterocycles. The van der Waals surface area contributed by atoms with Gasteiger partial charge in [-0.05, 0) is 37.4 Å². The van der Waals surface area contributed by atoms with Gasteiger partial charge in [-0.15, -0.1) is 11.3 Å². The van der Waals surface area contributed by atoms with Gasteiger partial charge in [-0.3, -0.25) is 0 Å². The smallest absolute Gasteiger partial charge is 0.315 e. The third-order valence-corrected chi connectivity index (χ3v) is 4.48. The molecule has 24 heavy (non-hydrogen) atoms. The molecule has 0 spiro atoms. The first-order chi connectivity index (χ1) is 11.7. The number of urea groups is 1. The summed E-state index contributed by atoms with van der Waals surface area (Å²) in [7, 11) is 0. The fraction of sp³-hybridized carbons (Fsp3) is 0.278. The minimum Gasteiger partial charge on any atom is -0.490 e. The summed E-state index contributed by atoms with van der Waals surface area (Å²) >= 11 is 1.61. The van der Waals surface area contributed by atoms with E-state index in [0.29, 0.717) is 24.5 Å². The van der Waals surface area contributed by atoms with Crippen molar-refractivity contribution >= 4 is 28.3 Å². The number of fused-ring (bicyclic) bond motifs is 1. The minimum atomic E-state index is -0.241. The highest BCUT2D eigenvalue weighted by molar-refractivity contribution is 7.09. The summed E-state index contributed by atoms with van der Waals surface area (Å²) < 4.78 is 11.5. The Morgan fingerprint density at radius 2 is 2.21 bits per heavy atom. The van der Waals surface area contributed by atoms with E-state index in [9.17, 15) is 4.79 Å². The number of rotatable bonds is 6. The third kappa shape index (κ3) is 3.71. The maximum Gasteiger partial charge on any atom is 0.315 e. The number of carbonyl (C=O) groups is 1. The Bertz CT molecular complexity index is 811. The van der Waals surface area contributed by atoms with Crippen LogP contribution in [0.15, 0.2) is 46.2 Å². The van der Waals surface area contributed by atoms with Crippen molar-refractivity contribution in [2.24, 2.45) is 0 Å². The van der Waals surface area contributed by atoms with Crippen LogP contribution in [0.3, 0.4) is 0 Å². The number of nitrogens with one attached hydrogen (secondary N) is 2. The molecule has 0 aliphatic carbocycles. The molecular weight excluding hydrogens is 324 g/mol. The van der Waals surface area contributed by atoms with Crippen LogP contribution >= 0.6 is 11.3 Å². The zero-order chi connectivity index (χ0) is 16.9. The fourth-order valence-corrected chi connectivity index (χ4v) is 3.08. The van der Waals surface area contributed by atoms with Crippen LogP contribution < -0.4 is 15.4 Å². The van der Waals surface area contributed by atoms with Crippen LogP contribution in [-0.2, 0) is 6.54 Å². The number of benzene rings is 1. The summed E-state index contributed by atoms with van der Waals surface area (Å²) in [5.74, 6) is 1.42. The first kappa shape index (κ1) is 16.4. The molecule has 6 heteroatoms. The summed E-state index contributed by atoms with van der Waals surface area (Å²) in [6, 6.07) is 11.2. The maximum atomic E-state index is 12.0. The summed E-state index contributed by atoms with van der Waals surface area (Å²) in [6.45, 7) is 4.92. The number of para-hydroxylation sites is 1. The summed E-state index contributed by atoms with van der Waals surface area (Å²) in [6.07, 6.45) is 0. The van der Waals surface area contributed by atoms with E-state index in [1.807, 2.05) is 55.6 Å². The Balaban J connectivity index is 1.66. The molecule has 2 amide bonds. The van der Waals surface area contributed by atoms with Gasteiger partial charge in [0.2, 0.25) is 0 Å². The lowest BCUT2D eigenvalue weighted by atomic mass is 10.2. The molecule has 0 bridgehead atoms. The van der Waals surface area contributed by atoms with Crippen LogP contribution in [0.4, 0.5) is 4.79 Å². The Labute approximate surface area is 144 Å². The first-order valence-corrected chi connectivity index (χ1v) is 8.77. The van der Waals surface area contributed by atoms with Gasteiger partial charge in [0.1, 0.15) is 5.76 Å². The van der Waals surface area contributed by atoms with Crippen molar-refractivity contribution in [3.63, 3.8) is 0 Å². The Kier molecular flexibility index (Phi) is 5.05. The van der Waals surface area contributed by atoms with E-state index in [0.717, 1.165) is 16.0 Å². The number of hydrogen-bond donors (Lipinski definition) is 2. The lowest BCUT2D eigenvalue weighted by Crippen LogP contribution is -2.36.